The monoisotopic (exact) mass is 337 g/mol. The number of benzene rings is 2. The molecule has 1 N–H and O–H groups in total. The second-order valence-corrected chi connectivity index (χ2v) is 7.16. The van der Waals surface area contributed by atoms with Gasteiger partial charge in [-0.05, 0) is 36.4 Å². The molecule has 0 bridgehead atoms. The van der Waals surface area contributed by atoms with Gasteiger partial charge in [-0.3, -0.25) is 0 Å². The standard InChI is InChI=1S/C23H31NO/c1-3-24-22(18-17-19-11-10-12-19)23(25-2,20-13-6-4-7-14-20)21-15-8-5-9-16-21/h4-9,13-16,19,22,24H,3,10-12,17-18H2,1-2H3. The van der Waals surface area contributed by atoms with Crippen molar-refractivity contribution in [1.29, 1.82) is 0 Å². The number of likely N-dealkylation sites (N-methyl/N-ethyl adjacent to an activating group) is 1. The third-order valence-corrected chi connectivity index (χ3v) is 5.76. The molecule has 2 nitrogen and oxygen atoms in total. The Morgan fingerprint density at radius 1 is 1.00 bits per heavy atom. The Labute approximate surface area is 152 Å². The number of methoxy groups -OCH3 is 1. The lowest BCUT2D eigenvalue weighted by Crippen LogP contribution is -2.51. The van der Waals surface area contributed by atoms with Gasteiger partial charge in [-0.1, -0.05) is 86.8 Å². The van der Waals surface area contributed by atoms with Crippen LogP contribution in [0.3, 0.4) is 0 Å². The van der Waals surface area contributed by atoms with Crippen LogP contribution in [0.25, 0.3) is 0 Å². The zero-order valence-corrected chi connectivity index (χ0v) is 15.6. The van der Waals surface area contributed by atoms with Gasteiger partial charge in [0.05, 0.1) is 0 Å². The van der Waals surface area contributed by atoms with E-state index in [1.54, 1.807) is 0 Å². The molecule has 0 saturated heterocycles. The number of hydrogen-bond acceptors (Lipinski definition) is 2. The van der Waals surface area contributed by atoms with Crippen LogP contribution in [0.2, 0.25) is 0 Å². The SMILES string of the molecule is CCNC(CCC1CCC1)C(OC)(c1ccccc1)c1ccccc1. The number of ether oxygens (including phenoxy) is 1. The molecule has 2 heteroatoms. The average Bonchev–Trinajstić information content (AvgIpc) is 2.63. The molecule has 0 radical (unpaired) electrons. The largest absolute Gasteiger partial charge is 0.367 e. The summed E-state index contributed by atoms with van der Waals surface area (Å²) in [6, 6.07) is 21.6. The fraction of sp³-hybridized carbons (Fsp3) is 0.478. The van der Waals surface area contributed by atoms with Crippen LogP contribution in [0.1, 0.15) is 50.2 Å². The minimum absolute atomic E-state index is 0.257. The first-order chi connectivity index (χ1) is 12.3. The number of rotatable bonds is 9. The van der Waals surface area contributed by atoms with Gasteiger partial charge >= 0.3 is 0 Å². The summed E-state index contributed by atoms with van der Waals surface area (Å²) in [5.41, 5.74) is 1.99. The molecular formula is C23H31NO. The Hall–Kier alpha value is -1.64. The summed E-state index contributed by atoms with van der Waals surface area (Å²) in [4.78, 5) is 0. The zero-order chi connectivity index (χ0) is 17.5. The summed E-state index contributed by atoms with van der Waals surface area (Å²) in [5.74, 6) is 0.905. The quantitative estimate of drug-likeness (QED) is 0.684. The predicted molar refractivity (Wildman–Crippen MR) is 105 cm³/mol. The first-order valence-electron chi connectivity index (χ1n) is 9.70. The second kappa shape index (κ2) is 8.64. The van der Waals surface area contributed by atoms with E-state index in [0.29, 0.717) is 0 Å². The van der Waals surface area contributed by atoms with E-state index < -0.39 is 5.60 Å². The maximum atomic E-state index is 6.35. The van der Waals surface area contributed by atoms with E-state index in [1.165, 1.54) is 36.8 Å². The van der Waals surface area contributed by atoms with Crippen molar-refractivity contribution in [3.05, 3.63) is 71.8 Å². The molecule has 1 aliphatic rings. The summed E-state index contributed by atoms with van der Waals surface area (Å²) in [6.07, 6.45) is 6.62. The Morgan fingerprint density at radius 2 is 1.56 bits per heavy atom. The smallest absolute Gasteiger partial charge is 0.133 e. The normalized spacial score (nSPS) is 16.4. The number of hydrogen-bond donors (Lipinski definition) is 1. The van der Waals surface area contributed by atoms with Crippen molar-refractivity contribution in [1.82, 2.24) is 5.32 Å². The second-order valence-electron chi connectivity index (χ2n) is 7.16. The van der Waals surface area contributed by atoms with Crippen LogP contribution in [-0.4, -0.2) is 19.7 Å². The van der Waals surface area contributed by atoms with Crippen molar-refractivity contribution < 1.29 is 4.74 Å². The summed E-state index contributed by atoms with van der Waals surface area (Å²) < 4.78 is 6.35. The number of nitrogens with one attached hydrogen (secondary N) is 1. The van der Waals surface area contributed by atoms with Crippen LogP contribution < -0.4 is 5.32 Å². The maximum Gasteiger partial charge on any atom is 0.133 e. The molecule has 3 rings (SSSR count). The van der Waals surface area contributed by atoms with Crippen LogP contribution in [0.4, 0.5) is 0 Å². The van der Waals surface area contributed by atoms with E-state index in [4.69, 9.17) is 4.74 Å². The van der Waals surface area contributed by atoms with Gasteiger partial charge in [-0.25, -0.2) is 0 Å². The van der Waals surface area contributed by atoms with E-state index in [-0.39, 0.29) is 6.04 Å². The fourth-order valence-corrected chi connectivity index (χ4v) is 4.20. The topological polar surface area (TPSA) is 21.3 Å². The molecule has 1 aliphatic carbocycles. The van der Waals surface area contributed by atoms with E-state index in [1.807, 2.05) is 7.11 Å². The zero-order valence-electron chi connectivity index (χ0n) is 15.6. The van der Waals surface area contributed by atoms with Gasteiger partial charge < -0.3 is 10.1 Å². The summed E-state index contributed by atoms with van der Waals surface area (Å²) >= 11 is 0. The first kappa shape index (κ1) is 18.2. The molecule has 1 unspecified atom stereocenters. The molecule has 0 aliphatic heterocycles. The Bertz CT molecular complexity index is 582. The van der Waals surface area contributed by atoms with E-state index >= 15 is 0 Å². The van der Waals surface area contributed by atoms with Crippen molar-refractivity contribution >= 4 is 0 Å². The lowest BCUT2D eigenvalue weighted by Gasteiger charge is -2.42. The molecule has 1 atom stereocenters. The van der Waals surface area contributed by atoms with Gasteiger partial charge in [-0.2, -0.15) is 0 Å². The lowest BCUT2D eigenvalue weighted by atomic mass is 9.75. The molecule has 0 amide bonds. The highest BCUT2D eigenvalue weighted by Crippen LogP contribution is 2.40. The molecule has 25 heavy (non-hydrogen) atoms. The van der Waals surface area contributed by atoms with Gasteiger partial charge in [0.2, 0.25) is 0 Å². The Balaban J connectivity index is 2.00. The molecule has 0 spiro atoms. The predicted octanol–water partition coefficient (Wildman–Crippen LogP) is 5.14. The Kier molecular flexibility index (Phi) is 6.28. The molecule has 134 valence electrons. The minimum Gasteiger partial charge on any atom is -0.367 e. The van der Waals surface area contributed by atoms with Crippen molar-refractivity contribution in [2.24, 2.45) is 5.92 Å². The van der Waals surface area contributed by atoms with Crippen LogP contribution >= 0.6 is 0 Å². The van der Waals surface area contributed by atoms with Gasteiger partial charge in [-0.15, -0.1) is 0 Å². The maximum absolute atomic E-state index is 6.35. The fourth-order valence-electron chi connectivity index (χ4n) is 4.20. The van der Waals surface area contributed by atoms with Crippen molar-refractivity contribution in [3.8, 4) is 0 Å². The molecule has 0 heterocycles. The van der Waals surface area contributed by atoms with E-state index in [9.17, 15) is 0 Å². The van der Waals surface area contributed by atoms with E-state index in [0.717, 1.165) is 18.9 Å². The van der Waals surface area contributed by atoms with E-state index in [2.05, 4.69) is 72.9 Å². The van der Waals surface area contributed by atoms with Crippen LogP contribution in [-0.2, 0) is 10.3 Å². The van der Waals surface area contributed by atoms with Gasteiger partial charge in [0, 0.05) is 13.2 Å². The third-order valence-electron chi connectivity index (χ3n) is 5.76. The molecular weight excluding hydrogens is 306 g/mol. The van der Waals surface area contributed by atoms with Crippen molar-refractivity contribution in [2.75, 3.05) is 13.7 Å². The molecule has 1 saturated carbocycles. The summed E-state index contributed by atoms with van der Waals surface area (Å²) in [5, 5.41) is 3.75. The third kappa shape index (κ3) is 3.80. The van der Waals surface area contributed by atoms with Crippen LogP contribution in [0, 0.1) is 5.92 Å². The molecule has 2 aromatic rings. The van der Waals surface area contributed by atoms with Crippen molar-refractivity contribution in [2.45, 2.75) is 50.7 Å². The van der Waals surface area contributed by atoms with Crippen LogP contribution in [0.15, 0.2) is 60.7 Å². The molecule has 1 fully saturated rings. The summed E-state index contributed by atoms with van der Waals surface area (Å²) in [6.45, 7) is 3.13. The van der Waals surface area contributed by atoms with Crippen molar-refractivity contribution in [3.63, 3.8) is 0 Å². The first-order valence-corrected chi connectivity index (χ1v) is 9.70. The van der Waals surface area contributed by atoms with Gasteiger partial charge in [0.1, 0.15) is 5.60 Å². The van der Waals surface area contributed by atoms with Gasteiger partial charge in [0.25, 0.3) is 0 Å². The highest BCUT2D eigenvalue weighted by atomic mass is 16.5. The van der Waals surface area contributed by atoms with Gasteiger partial charge in [0.15, 0.2) is 0 Å². The molecule has 2 aromatic carbocycles. The minimum atomic E-state index is -0.456. The highest BCUT2D eigenvalue weighted by Gasteiger charge is 2.42. The molecule has 0 aromatic heterocycles. The average molecular weight is 338 g/mol. The van der Waals surface area contributed by atoms with Crippen LogP contribution in [0.5, 0.6) is 0 Å². The summed E-state index contributed by atoms with van der Waals surface area (Å²) in [7, 11) is 1.85. The lowest BCUT2D eigenvalue weighted by molar-refractivity contribution is -0.0161. The Morgan fingerprint density at radius 3 is 1.96 bits per heavy atom. The highest BCUT2D eigenvalue weighted by molar-refractivity contribution is 5.38.